The molecular weight excluding hydrogens is 378 g/mol. The maximum absolute atomic E-state index is 11.9. The smallest absolute Gasteiger partial charge is 0.330 e. The Bertz CT molecular complexity index is 526. The molecule has 0 aromatic heterocycles. The molecule has 168 valence electrons. The third kappa shape index (κ3) is 19.2. The average molecular weight is 416 g/mol. The van der Waals surface area contributed by atoms with Crippen LogP contribution in [0.2, 0.25) is 0 Å². The number of carbonyl (C=O) groups is 3. The standard InChI is InChI=1S/C21H37NO7/c1-22(2,3)16-18(15-20(26)27)29-21(28)14-10-12-17(23)11-8-6-4-5-7-9-13-19(24)25/h10,14,17-18,23H,4-9,11-13,15-16H2,1-3H3,(H-,24,25,26,27)/b14-10+. The van der Waals surface area contributed by atoms with Crippen molar-refractivity contribution in [2.45, 2.75) is 76.4 Å². The molecule has 0 aromatic rings. The number of esters is 1. The molecule has 0 heterocycles. The molecule has 0 rings (SSSR count). The lowest BCUT2D eigenvalue weighted by Gasteiger charge is -2.29. The van der Waals surface area contributed by atoms with Crippen molar-refractivity contribution in [1.82, 2.24) is 0 Å². The number of ether oxygens (including phenoxy) is 1. The van der Waals surface area contributed by atoms with Crippen LogP contribution in [0, 0.1) is 0 Å². The summed E-state index contributed by atoms with van der Waals surface area (Å²) in [4.78, 5) is 33.1. The molecule has 2 N–H and O–H groups in total. The van der Waals surface area contributed by atoms with Crippen LogP contribution in [0.5, 0.6) is 0 Å². The number of carboxylic acids is 2. The lowest BCUT2D eigenvalue weighted by molar-refractivity contribution is -0.873. The minimum atomic E-state index is -1.27. The number of likely N-dealkylation sites (N-methyl/N-ethyl adjacent to an activating group) is 1. The van der Waals surface area contributed by atoms with E-state index in [0.29, 0.717) is 30.3 Å². The van der Waals surface area contributed by atoms with Gasteiger partial charge in [-0.3, -0.25) is 4.79 Å². The van der Waals surface area contributed by atoms with Gasteiger partial charge in [0.2, 0.25) is 0 Å². The predicted octanol–water partition coefficient (Wildman–Crippen LogP) is 1.26. The zero-order valence-corrected chi connectivity index (χ0v) is 18.0. The highest BCUT2D eigenvalue weighted by molar-refractivity contribution is 5.82. The summed E-state index contributed by atoms with van der Waals surface area (Å²) in [6.07, 6.45) is 7.75. The molecule has 0 aliphatic heterocycles. The zero-order valence-electron chi connectivity index (χ0n) is 18.0. The maximum atomic E-state index is 11.9. The van der Waals surface area contributed by atoms with Gasteiger partial charge in [0.15, 0.2) is 6.10 Å². The first kappa shape index (κ1) is 27.1. The summed E-state index contributed by atoms with van der Waals surface area (Å²) >= 11 is 0. The fraction of sp³-hybridized carbons (Fsp3) is 0.762. The Labute approximate surface area is 173 Å². The number of unbranched alkanes of at least 4 members (excludes halogenated alkanes) is 5. The summed E-state index contributed by atoms with van der Waals surface area (Å²) in [7, 11) is 5.62. The largest absolute Gasteiger partial charge is 0.550 e. The van der Waals surface area contributed by atoms with Crippen LogP contribution >= 0.6 is 0 Å². The number of rotatable bonds is 17. The fourth-order valence-corrected chi connectivity index (χ4v) is 2.95. The van der Waals surface area contributed by atoms with Crippen molar-refractivity contribution < 1.29 is 38.9 Å². The number of hydrogen-bond donors (Lipinski definition) is 2. The van der Waals surface area contributed by atoms with Crippen LogP contribution in [0.1, 0.15) is 64.2 Å². The van der Waals surface area contributed by atoms with Crippen LogP contribution in [-0.4, -0.2) is 72.5 Å². The second kappa shape index (κ2) is 15.0. The molecule has 0 aromatic carbocycles. The van der Waals surface area contributed by atoms with Gasteiger partial charge in [-0.1, -0.05) is 38.2 Å². The van der Waals surface area contributed by atoms with Crippen LogP contribution in [0.15, 0.2) is 12.2 Å². The van der Waals surface area contributed by atoms with Crippen LogP contribution < -0.4 is 5.11 Å². The van der Waals surface area contributed by atoms with Gasteiger partial charge in [-0.2, -0.15) is 0 Å². The summed E-state index contributed by atoms with van der Waals surface area (Å²) < 4.78 is 5.65. The van der Waals surface area contributed by atoms with Crippen LogP contribution in [0.25, 0.3) is 0 Å². The van der Waals surface area contributed by atoms with Crippen molar-refractivity contribution in [3.05, 3.63) is 12.2 Å². The van der Waals surface area contributed by atoms with Gasteiger partial charge in [0.1, 0.15) is 6.54 Å². The number of aliphatic hydroxyl groups is 1. The van der Waals surface area contributed by atoms with Crippen molar-refractivity contribution in [3.8, 4) is 0 Å². The summed E-state index contributed by atoms with van der Waals surface area (Å²) in [5.41, 5.74) is 0. The summed E-state index contributed by atoms with van der Waals surface area (Å²) in [5, 5.41) is 29.3. The van der Waals surface area contributed by atoms with Crippen molar-refractivity contribution in [2.75, 3.05) is 27.7 Å². The molecule has 29 heavy (non-hydrogen) atoms. The molecule has 8 heteroatoms. The highest BCUT2D eigenvalue weighted by atomic mass is 16.5. The van der Waals surface area contributed by atoms with E-state index in [1.54, 1.807) is 6.08 Å². The quantitative estimate of drug-likeness (QED) is 0.159. The monoisotopic (exact) mass is 415 g/mol. The zero-order chi connectivity index (χ0) is 22.3. The number of carboxylic acid groups (broad SMARTS) is 2. The predicted molar refractivity (Wildman–Crippen MR) is 107 cm³/mol. The van der Waals surface area contributed by atoms with Gasteiger partial charge in [-0.25, -0.2) is 4.79 Å². The van der Waals surface area contributed by atoms with E-state index in [9.17, 15) is 24.6 Å². The molecule has 0 radical (unpaired) electrons. The topological polar surface area (TPSA) is 124 Å². The molecule has 0 spiro atoms. The fourth-order valence-electron chi connectivity index (χ4n) is 2.95. The third-order valence-corrected chi connectivity index (χ3v) is 4.27. The first-order valence-corrected chi connectivity index (χ1v) is 10.3. The highest BCUT2D eigenvalue weighted by Crippen LogP contribution is 2.12. The van der Waals surface area contributed by atoms with Gasteiger partial charge >= 0.3 is 11.9 Å². The number of aliphatic hydroxyl groups excluding tert-OH is 1. The lowest BCUT2D eigenvalue weighted by atomic mass is 10.0. The normalized spacial score (nSPS) is 13.9. The van der Waals surface area contributed by atoms with E-state index in [4.69, 9.17) is 9.84 Å². The van der Waals surface area contributed by atoms with E-state index in [-0.39, 0.29) is 12.8 Å². The SMILES string of the molecule is C[N+](C)(C)CC(CC(=O)[O-])OC(=O)/C=C/CC(O)CCCCCCCCC(=O)O. The highest BCUT2D eigenvalue weighted by Gasteiger charge is 2.21. The molecule has 0 bridgehead atoms. The summed E-state index contributed by atoms with van der Waals surface area (Å²) in [6.45, 7) is 0.354. The maximum Gasteiger partial charge on any atom is 0.330 e. The first-order valence-electron chi connectivity index (χ1n) is 10.3. The second-order valence-electron chi connectivity index (χ2n) is 8.45. The lowest BCUT2D eigenvalue weighted by Crippen LogP contribution is -2.45. The van der Waals surface area contributed by atoms with Crippen LogP contribution in [0.4, 0.5) is 0 Å². The molecule has 0 aliphatic rings. The third-order valence-electron chi connectivity index (χ3n) is 4.27. The number of quaternary nitrogens is 1. The van der Waals surface area contributed by atoms with Gasteiger partial charge in [0.05, 0.1) is 27.2 Å². The second-order valence-corrected chi connectivity index (χ2v) is 8.45. The van der Waals surface area contributed by atoms with Gasteiger partial charge < -0.3 is 29.3 Å². The van der Waals surface area contributed by atoms with Crippen molar-refractivity contribution in [2.24, 2.45) is 0 Å². The molecule has 0 saturated carbocycles. The molecule has 2 atom stereocenters. The minimum absolute atomic E-state index is 0.219. The van der Waals surface area contributed by atoms with E-state index < -0.39 is 30.1 Å². The van der Waals surface area contributed by atoms with E-state index in [1.165, 1.54) is 6.08 Å². The van der Waals surface area contributed by atoms with Gasteiger partial charge in [0.25, 0.3) is 0 Å². The molecule has 8 nitrogen and oxygen atoms in total. The van der Waals surface area contributed by atoms with Gasteiger partial charge in [-0.15, -0.1) is 0 Å². The molecule has 2 unspecified atom stereocenters. The molecular formula is C21H37NO7. The van der Waals surface area contributed by atoms with Gasteiger partial charge in [-0.05, 0) is 19.3 Å². The summed E-state index contributed by atoms with van der Waals surface area (Å²) in [5.74, 6) is -2.65. The Balaban J connectivity index is 3.99. The molecule has 0 saturated heterocycles. The van der Waals surface area contributed by atoms with Crippen molar-refractivity contribution in [3.63, 3.8) is 0 Å². The van der Waals surface area contributed by atoms with E-state index >= 15 is 0 Å². The number of nitrogens with zero attached hydrogens (tertiary/aromatic N) is 1. The van der Waals surface area contributed by atoms with E-state index in [2.05, 4.69) is 0 Å². The minimum Gasteiger partial charge on any atom is -0.550 e. The van der Waals surface area contributed by atoms with Crippen LogP contribution in [-0.2, 0) is 19.1 Å². The van der Waals surface area contributed by atoms with Crippen molar-refractivity contribution >= 4 is 17.9 Å². The number of aliphatic carboxylic acids is 2. The Morgan fingerprint density at radius 1 is 1.03 bits per heavy atom. The van der Waals surface area contributed by atoms with E-state index in [1.807, 2.05) is 21.1 Å². The Morgan fingerprint density at radius 2 is 1.62 bits per heavy atom. The van der Waals surface area contributed by atoms with E-state index in [0.717, 1.165) is 32.1 Å². The Hall–Kier alpha value is -1.93. The molecule has 0 amide bonds. The summed E-state index contributed by atoms with van der Waals surface area (Å²) in [6, 6.07) is 0. The number of carbonyl (C=O) groups excluding carboxylic acids is 2. The Kier molecular flexibility index (Phi) is 14.0. The average Bonchev–Trinajstić information content (AvgIpc) is 2.54. The number of hydrogen-bond acceptors (Lipinski definition) is 6. The Morgan fingerprint density at radius 3 is 2.17 bits per heavy atom. The first-order chi connectivity index (χ1) is 13.5. The molecule has 0 aliphatic carbocycles. The van der Waals surface area contributed by atoms with Gasteiger partial charge in [0, 0.05) is 24.9 Å². The van der Waals surface area contributed by atoms with Crippen molar-refractivity contribution in [1.29, 1.82) is 0 Å². The van der Waals surface area contributed by atoms with Crippen LogP contribution in [0.3, 0.4) is 0 Å². The molecule has 0 fully saturated rings.